The molecule has 0 unspecified atom stereocenters. The Balaban J connectivity index is 1.99. The summed E-state index contributed by atoms with van der Waals surface area (Å²) in [5, 5.41) is 2.49. The van der Waals surface area contributed by atoms with Gasteiger partial charge in [0.05, 0.1) is 10.7 Å². The van der Waals surface area contributed by atoms with Crippen LogP contribution in [0.25, 0.3) is 5.70 Å². The zero-order chi connectivity index (χ0) is 18.5. The molecule has 0 aliphatic heterocycles. The van der Waals surface area contributed by atoms with Crippen LogP contribution in [-0.2, 0) is 0 Å². The second-order valence-electron chi connectivity index (χ2n) is 5.40. The third-order valence-corrected chi connectivity index (χ3v) is 4.39. The molecule has 3 rings (SSSR count). The molecular formula is C20H17Cl2N3O. The van der Waals surface area contributed by atoms with Crippen LogP contribution in [-0.4, -0.2) is 0 Å². The number of hydrogen-bond acceptors (Lipinski definition) is 4. The fourth-order valence-corrected chi connectivity index (χ4v) is 2.89. The molecule has 0 fully saturated rings. The summed E-state index contributed by atoms with van der Waals surface area (Å²) in [6.07, 6.45) is 1.41. The van der Waals surface area contributed by atoms with Crippen molar-refractivity contribution in [3.8, 4) is 11.5 Å². The monoisotopic (exact) mass is 385 g/mol. The Hall–Kier alpha value is -2.66. The van der Waals surface area contributed by atoms with E-state index in [0.717, 1.165) is 0 Å². The summed E-state index contributed by atoms with van der Waals surface area (Å²) >= 11 is 12.5. The van der Waals surface area contributed by atoms with E-state index in [0.29, 0.717) is 38.5 Å². The number of hydrogen-bond donors (Lipinski definition) is 2. The number of hydrazine groups is 1. The van der Waals surface area contributed by atoms with Crippen molar-refractivity contribution in [2.75, 3.05) is 5.01 Å². The highest BCUT2D eigenvalue weighted by Gasteiger charge is 2.17. The Labute approximate surface area is 162 Å². The van der Waals surface area contributed by atoms with E-state index in [-0.39, 0.29) is 0 Å². The van der Waals surface area contributed by atoms with Gasteiger partial charge in [-0.25, -0.2) is 5.84 Å². The molecule has 0 aliphatic carbocycles. The number of nitrogens with zero attached hydrogens (tertiary/aromatic N) is 1. The van der Waals surface area contributed by atoms with Crippen molar-refractivity contribution in [3.05, 3.63) is 94.6 Å². The van der Waals surface area contributed by atoms with Gasteiger partial charge in [0.15, 0.2) is 5.75 Å². The SMILES string of the molecule is N/C=C(/c1ccccc1Cl)N(N)c1ccccc1Oc1ccccc1Cl. The van der Waals surface area contributed by atoms with E-state index in [1.165, 1.54) is 11.2 Å². The van der Waals surface area contributed by atoms with E-state index in [1.807, 2.05) is 48.5 Å². The summed E-state index contributed by atoms with van der Waals surface area (Å²) in [7, 11) is 0. The maximum absolute atomic E-state index is 6.36. The van der Waals surface area contributed by atoms with Crippen molar-refractivity contribution in [2.24, 2.45) is 11.6 Å². The van der Waals surface area contributed by atoms with Gasteiger partial charge in [-0.15, -0.1) is 0 Å². The highest BCUT2D eigenvalue weighted by molar-refractivity contribution is 6.32. The van der Waals surface area contributed by atoms with E-state index in [4.69, 9.17) is 39.5 Å². The second-order valence-corrected chi connectivity index (χ2v) is 6.22. The van der Waals surface area contributed by atoms with Crippen LogP contribution in [0.1, 0.15) is 5.56 Å². The van der Waals surface area contributed by atoms with Crippen LogP contribution in [0.15, 0.2) is 79.0 Å². The van der Waals surface area contributed by atoms with Crippen LogP contribution < -0.4 is 21.3 Å². The number of rotatable bonds is 5. The van der Waals surface area contributed by atoms with E-state index < -0.39 is 0 Å². The van der Waals surface area contributed by atoms with Crippen LogP contribution in [0, 0.1) is 0 Å². The molecule has 3 aromatic carbocycles. The maximum atomic E-state index is 6.36. The summed E-state index contributed by atoms with van der Waals surface area (Å²) < 4.78 is 5.97. The van der Waals surface area contributed by atoms with Crippen molar-refractivity contribution in [1.29, 1.82) is 0 Å². The van der Waals surface area contributed by atoms with Crippen LogP contribution in [0.3, 0.4) is 0 Å². The average Bonchev–Trinajstić information content (AvgIpc) is 2.66. The molecule has 6 heteroatoms. The summed E-state index contributed by atoms with van der Waals surface area (Å²) in [6, 6.07) is 21.9. The van der Waals surface area contributed by atoms with Gasteiger partial charge in [0, 0.05) is 16.8 Å². The zero-order valence-corrected chi connectivity index (χ0v) is 15.3. The third kappa shape index (κ3) is 3.78. The van der Waals surface area contributed by atoms with Crippen LogP contribution in [0.5, 0.6) is 11.5 Å². The predicted molar refractivity (Wildman–Crippen MR) is 108 cm³/mol. The number of anilines is 1. The van der Waals surface area contributed by atoms with Gasteiger partial charge in [0.2, 0.25) is 0 Å². The van der Waals surface area contributed by atoms with Crippen molar-refractivity contribution in [3.63, 3.8) is 0 Å². The lowest BCUT2D eigenvalue weighted by molar-refractivity contribution is 0.483. The third-order valence-electron chi connectivity index (χ3n) is 3.75. The number of ether oxygens (including phenoxy) is 1. The van der Waals surface area contributed by atoms with E-state index in [1.54, 1.807) is 24.3 Å². The highest BCUT2D eigenvalue weighted by atomic mass is 35.5. The largest absolute Gasteiger partial charge is 0.454 e. The van der Waals surface area contributed by atoms with Gasteiger partial charge in [-0.3, -0.25) is 5.01 Å². The number of halogens is 2. The van der Waals surface area contributed by atoms with E-state index >= 15 is 0 Å². The van der Waals surface area contributed by atoms with Gasteiger partial charge in [-0.2, -0.15) is 0 Å². The molecule has 26 heavy (non-hydrogen) atoms. The lowest BCUT2D eigenvalue weighted by atomic mass is 10.1. The molecule has 0 atom stereocenters. The Bertz CT molecular complexity index is 944. The first-order chi connectivity index (χ1) is 12.6. The summed E-state index contributed by atoms with van der Waals surface area (Å²) in [4.78, 5) is 0. The molecule has 0 saturated carbocycles. The first-order valence-corrected chi connectivity index (χ1v) is 8.60. The molecule has 0 heterocycles. The molecule has 4 N–H and O–H groups in total. The van der Waals surface area contributed by atoms with E-state index in [2.05, 4.69) is 0 Å². The molecule has 0 amide bonds. The molecule has 4 nitrogen and oxygen atoms in total. The standard InChI is InChI=1S/C20H17Cl2N3O/c21-15-8-2-1-7-14(15)18(13-23)25(24)17-10-4-6-12-20(17)26-19-11-5-3-9-16(19)22/h1-13H,23-24H2/b18-13-. The maximum Gasteiger partial charge on any atom is 0.152 e. The van der Waals surface area contributed by atoms with Crippen molar-refractivity contribution < 1.29 is 4.74 Å². The smallest absolute Gasteiger partial charge is 0.152 e. The fourth-order valence-electron chi connectivity index (χ4n) is 2.49. The molecule has 0 aromatic heterocycles. The number of para-hydroxylation sites is 3. The zero-order valence-electron chi connectivity index (χ0n) is 13.8. The van der Waals surface area contributed by atoms with Crippen molar-refractivity contribution in [1.82, 2.24) is 0 Å². The Morgan fingerprint density at radius 2 is 1.38 bits per heavy atom. The quantitative estimate of drug-likeness (QED) is 0.454. The summed E-state index contributed by atoms with van der Waals surface area (Å²) in [5.74, 6) is 7.43. The summed E-state index contributed by atoms with van der Waals surface area (Å²) in [5.41, 5.74) is 7.71. The number of benzene rings is 3. The molecule has 0 spiro atoms. The fraction of sp³-hybridized carbons (Fsp3) is 0. The van der Waals surface area contributed by atoms with Gasteiger partial charge in [0.25, 0.3) is 0 Å². The molecule has 0 radical (unpaired) electrons. The second kappa shape index (κ2) is 8.15. The minimum atomic E-state index is 0.506. The van der Waals surface area contributed by atoms with Gasteiger partial charge < -0.3 is 10.5 Å². The van der Waals surface area contributed by atoms with Crippen molar-refractivity contribution >= 4 is 34.6 Å². The highest BCUT2D eigenvalue weighted by Crippen LogP contribution is 2.37. The molecular weight excluding hydrogens is 369 g/mol. The minimum absolute atomic E-state index is 0.506. The Morgan fingerprint density at radius 3 is 2.04 bits per heavy atom. The molecule has 132 valence electrons. The summed E-state index contributed by atoms with van der Waals surface area (Å²) in [6.45, 7) is 0. The lowest BCUT2D eigenvalue weighted by Gasteiger charge is -2.24. The van der Waals surface area contributed by atoms with Crippen LogP contribution in [0.2, 0.25) is 10.0 Å². The first kappa shape index (κ1) is 18.1. The molecule has 0 bridgehead atoms. The van der Waals surface area contributed by atoms with Crippen molar-refractivity contribution in [2.45, 2.75) is 0 Å². The Morgan fingerprint density at radius 1 is 0.808 bits per heavy atom. The molecule has 0 saturated heterocycles. The van der Waals surface area contributed by atoms with Gasteiger partial charge in [0.1, 0.15) is 11.4 Å². The topological polar surface area (TPSA) is 64.5 Å². The normalized spacial score (nSPS) is 11.3. The van der Waals surface area contributed by atoms with Gasteiger partial charge in [-0.05, 0) is 30.3 Å². The van der Waals surface area contributed by atoms with Gasteiger partial charge >= 0.3 is 0 Å². The molecule has 3 aromatic rings. The Kier molecular flexibility index (Phi) is 5.68. The number of nitrogens with two attached hydrogens (primary N) is 2. The average molecular weight is 386 g/mol. The van der Waals surface area contributed by atoms with Crippen LogP contribution >= 0.6 is 23.2 Å². The first-order valence-electron chi connectivity index (χ1n) is 7.85. The molecule has 0 aliphatic rings. The van der Waals surface area contributed by atoms with E-state index in [9.17, 15) is 0 Å². The minimum Gasteiger partial charge on any atom is -0.454 e. The lowest BCUT2D eigenvalue weighted by Crippen LogP contribution is -2.30. The van der Waals surface area contributed by atoms with Gasteiger partial charge in [-0.1, -0.05) is 65.7 Å². The van der Waals surface area contributed by atoms with Crippen LogP contribution in [0.4, 0.5) is 5.69 Å². The predicted octanol–water partition coefficient (Wildman–Crippen LogP) is 5.42.